The van der Waals surface area contributed by atoms with Crippen LogP contribution in [0.15, 0.2) is 0 Å². The third kappa shape index (κ3) is 5.12. The lowest BCUT2D eigenvalue weighted by atomic mass is 10.1. The molecule has 1 aromatic rings. The Morgan fingerprint density at radius 2 is 1.60 bits per heavy atom. The lowest BCUT2D eigenvalue weighted by molar-refractivity contribution is 0.514. The van der Waals surface area contributed by atoms with E-state index in [1.54, 1.807) is 0 Å². The van der Waals surface area contributed by atoms with Crippen LogP contribution in [0.1, 0.15) is 87.5 Å². The summed E-state index contributed by atoms with van der Waals surface area (Å²) in [5, 5.41) is 4.77. The zero-order valence-corrected chi connectivity index (χ0v) is 14.5. The minimum atomic E-state index is 0.109. The van der Waals surface area contributed by atoms with E-state index < -0.39 is 0 Å². The van der Waals surface area contributed by atoms with E-state index in [2.05, 4.69) is 37.5 Å². The van der Waals surface area contributed by atoms with Crippen molar-refractivity contribution in [2.75, 3.05) is 0 Å². The van der Waals surface area contributed by atoms with Gasteiger partial charge in [-0.05, 0) is 26.7 Å². The van der Waals surface area contributed by atoms with Crippen LogP contribution >= 0.6 is 11.6 Å². The average Bonchev–Trinajstić information content (AvgIpc) is 2.72. The minimum Gasteiger partial charge on any atom is -0.269 e. The zero-order valence-electron chi connectivity index (χ0n) is 13.7. The van der Waals surface area contributed by atoms with Gasteiger partial charge in [-0.1, -0.05) is 52.4 Å². The Kier molecular flexibility index (Phi) is 8.28. The fourth-order valence-corrected chi connectivity index (χ4v) is 3.12. The highest BCUT2D eigenvalue weighted by atomic mass is 35.5. The number of unbranched alkanes of at least 4 members (excludes halogenated alkanes) is 6. The number of nitrogens with zero attached hydrogens (tertiary/aromatic N) is 2. The van der Waals surface area contributed by atoms with Crippen molar-refractivity contribution in [1.29, 1.82) is 0 Å². The maximum atomic E-state index is 6.39. The third-order valence-corrected chi connectivity index (χ3v) is 4.61. The van der Waals surface area contributed by atoms with Gasteiger partial charge in [-0.3, -0.25) is 4.68 Å². The molecule has 0 aliphatic rings. The molecule has 0 saturated carbocycles. The lowest BCUT2D eigenvalue weighted by Gasteiger charge is -2.08. The maximum absolute atomic E-state index is 6.39. The Hall–Kier alpha value is -0.500. The van der Waals surface area contributed by atoms with Crippen molar-refractivity contribution in [3.05, 3.63) is 17.0 Å². The number of hydrogen-bond acceptors (Lipinski definition) is 1. The Balaban J connectivity index is 2.37. The summed E-state index contributed by atoms with van der Waals surface area (Å²) in [7, 11) is 0. The van der Waals surface area contributed by atoms with Crippen LogP contribution in [0.4, 0.5) is 0 Å². The van der Waals surface area contributed by atoms with Gasteiger partial charge in [0.05, 0.1) is 11.1 Å². The van der Waals surface area contributed by atoms with Crippen LogP contribution in [0.25, 0.3) is 0 Å². The first-order chi connectivity index (χ1) is 9.61. The molecule has 0 bridgehead atoms. The number of halogens is 1. The molecule has 0 aromatic carbocycles. The van der Waals surface area contributed by atoms with Gasteiger partial charge in [0.25, 0.3) is 0 Å². The second kappa shape index (κ2) is 9.44. The molecule has 1 rings (SSSR count). The fraction of sp³-hybridized carbons (Fsp3) is 0.824. The first kappa shape index (κ1) is 17.6. The summed E-state index contributed by atoms with van der Waals surface area (Å²) in [5.74, 6) is 0. The quantitative estimate of drug-likeness (QED) is 0.386. The third-order valence-electron chi connectivity index (χ3n) is 4.08. The number of aromatic nitrogens is 2. The van der Waals surface area contributed by atoms with Gasteiger partial charge in [-0.15, -0.1) is 11.6 Å². The smallest absolute Gasteiger partial charge is 0.0643 e. The standard InChI is InChI=1S/C17H31ClN2/c1-5-7-8-9-10-11-12-13-20-15(4)17(14(3)19-20)16(18)6-2/h16H,5-13H2,1-4H3. The molecule has 0 aliphatic carbocycles. The summed E-state index contributed by atoms with van der Waals surface area (Å²) in [6, 6.07) is 0. The molecule has 3 heteroatoms. The molecule has 0 saturated heterocycles. The highest BCUT2D eigenvalue weighted by molar-refractivity contribution is 6.20. The molecule has 0 N–H and O–H groups in total. The predicted octanol–water partition coefficient (Wildman–Crippen LogP) is 5.94. The van der Waals surface area contributed by atoms with E-state index >= 15 is 0 Å². The highest BCUT2D eigenvalue weighted by Crippen LogP contribution is 2.29. The van der Waals surface area contributed by atoms with Gasteiger partial charge in [-0.2, -0.15) is 5.10 Å². The number of alkyl halides is 1. The van der Waals surface area contributed by atoms with Crippen molar-refractivity contribution in [3.63, 3.8) is 0 Å². The van der Waals surface area contributed by atoms with Crippen LogP contribution in [-0.2, 0) is 6.54 Å². The SMILES string of the molecule is CCCCCCCCCn1nc(C)c(C(Cl)CC)c1C. The van der Waals surface area contributed by atoms with Crippen molar-refractivity contribution < 1.29 is 0 Å². The fourth-order valence-electron chi connectivity index (χ4n) is 2.80. The number of hydrogen-bond donors (Lipinski definition) is 0. The monoisotopic (exact) mass is 298 g/mol. The predicted molar refractivity (Wildman–Crippen MR) is 88.6 cm³/mol. The summed E-state index contributed by atoms with van der Waals surface area (Å²) >= 11 is 6.39. The molecule has 0 aliphatic heterocycles. The van der Waals surface area contributed by atoms with Gasteiger partial charge in [-0.25, -0.2) is 0 Å². The van der Waals surface area contributed by atoms with Gasteiger partial charge in [0.2, 0.25) is 0 Å². The molecular weight excluding hydrogens is 268 g/mol. The molecule has 2 nitrogen and oxygen atoms in total. The van der Waals surface area contributed by atoms with Gasteiger partial charge in [0, 0.05) is 17.8 Å². The Morgan fingerprint density at radius 1 is 1.00 bits per heavy atom. The highest BCUT2D eigenvalue weighted by Gasteiger charge is 2.17. The Morgan fingerprint density at radius 3 is 2.20 bits per heavy atom. The van der Waals surface area contributed by atoms with Gasteiger partial charge < -0.3 is 0 Å². The second-order valence-electron chi connectivity index (χ2n) is 5.80. The van der Waals surface area contributed by atoms with E-state index in [1.165, 1.54) is 56.2 Å². The van der Waals surface area contributed by atoms with E-state index in [1.807, 2.05) is 0 Å². The molecule has 1 heterocycles. The molecule has 116 valence electrons. The Bertz CT molecular complexity index is 385. The summed E-state index contributed by atoms with van der Waals surface area (Å²) in [6.45, 7) is 9.66. The first-order valence-electron chi connectivity index (χ1n) is 8.29. The van der Waals surface area contributed by atoms with E-state index in [0.29, 0.717) is 0 Å². The average molecular weight is 299 g/mol. The molecule has 0 radical (unpaired) electrons. The summed E-state index contributed by atoms with van der Waals surface area (Å²) in [4.78, 5) is 0. The second-order valence-corrected chi connectivity index (χ2v) is 6.33. The first-order valence-corrected chi connectivity index (χ1v) is 8.73. The van der Waals surface area contributed by atoms with Gasteiger partial charge >= 0.3 is 0 Å². The van der Waals surface area contributed by atoms with Crippen molar-refractivity contribution in [3.8, 4) is 0 Å². The van der Waals surface area contributed by atoms with Crippen LogP contribution in [0.5, 0.6) is 0 Å². The van der Waals surface area contributed by atoms with Gasteiger partial charge in [0.15, 0.2) is 0 Å². The summed E-state index contributed by atoms with van der Waals surface area (Å²) in [5.41, 5.74) is 3.61. The zero-order chi connectivity index (χ0) is 15.0. The van der Waals surface area contributed by atoms with Crippen molar-refractivity contribution >= 4 is 11.6 Å². The maximum Gasteiger partial charge on any atom is 0.0643 e. The van der Waals surface area contributed by atoms with Crippen LogP contribution < -0.4 is 0 Å². The van der Waals surface area contributed by atoms with E-state index in [9.17, 15) is 0 Å². The van der Waals surface area contributed by atoms with E-state index in [4.69, 9.17) is 11.6 Å². The molecule has 0 amide bonds. The molecule has 0 fully saturated rings. The molecule has 1 unspecified atom stereocenters. The molecule has 1 atom stereocenters. The number of aryl methyl sites for hydroxylation is 2. The molecule has 1 aromatic heterocycles. The topological polar surface area (TPSA) is 17.8 Å². The van der Waals surface area contributed by atoms with Crippen LogP contribution in [-0.4, -0.2) is 9.78 Å². The minimum absolute atomic E-state index is 0.109. The normalized spacial score (nSPS) is 12.8. The lowest BCUT2D eigenvalue weighted by Crippen LogP contribution is -2.03. The Labute approximate surface area is 129 Å². The largest absolute Gasteiger partial charge is 0.269 e. The van der Waals surface area contributed by atoms with Crippen molar-refractivity contribution in [1.82, 2.24) is 9.78 Å². The van der Waals surface area contributed by atoms with Crippen LogP contribution in [0.3, 0.4) is 0 Å². The number of rotatable bonds is 10. The van der Waals surface area contributed by atoms with Gasteiger partial charge in [0.1, 0.15) is 0 Å². The summed E-state index contributed by atoms with van der Waals surface area (Å²) < 4.78 is 2.15. The summed E-state index contributed by atoms with van der Waals surface area (Å²) in [6.07, 6.45) is 10.4. The van der Waals surface area contributed by atoms with E-state index in [-0.39, 0.29) is 5.38 Å². The van der Waals surface area contributed by atoms with Crippen molar-refractivity contribution in [2.45, 2.75) is 91.0 Å². The molecule has 20 heavy (non-hydrogen) atoms. The molecule has 0 spiro atoms. The van der Waals surface area contributed by atoms with Crippen LogP contribution in [0, 0.1) is 13.8 Å². The molecular formula is C17H31ClN2. The van der Waals surface area contributed by atoms with Crippen LogP contribution in [0.2, 0.25) is 0 Å². The van der Waals surface area contributed by atoms with E-state index in [0.717, 1.165) is 18.7 Å². The van der Waals surface area contributed by atoms with Crippen molar-refractivity contribution in [2.24, 2.45) is 0 Å².